The van der Waals surface area contributed by atoms with E-state index in [0.717, 1.165) is 0 Å². The Kier molecular flexibility index (Phi) is 6.27. The highest BCUT2D eigenvalue weighted by atomic mass is 19.4. The van der Waals surface area contributed by atoms with E-state index in [1.54, 1.807) is 20.8 Å². The normalized spacial score (nSPS) is 20.8. The number of amides is 2. The molecule has 2 N–H and O–H groups in total. The number of alkyl halides is 3. The lowest BCUT2D eigenvalue weighted by Crippen LogP contribution is -2.56. The minimum absolute atomic E-state index is 0.182. The van der Waals surface area contributed by atoms with Crippen LogP contribution in [0.1, 0.15) is 49.2 Å². The molecule has 2 amide bonds. The number of hydrogen-bond donors (Lipinski definition) is 2. The molecule has 11 heteroatoms. The number of methoxy groups -OCH3 is 1. The molecule has 0 spiro atoms. The summed E-state index contributed by atoms with van der Waals surface area (Å²) in [6.45, 7) is 6.96. The summed E-state index contributed by atoms with van der Waals surface area (Å²) in [5.74, 6) is -1.19. The number of halogens is 3. The van der Waals surface area contributed by atoms with Gasteiger partial charge in [-0.15, -0.1) is 0 Å². The van der Waals surface area contributed by atoms with Crippen LogP contribution in [0.25, 0.3) is 0 Å². The van der Waals surface area contributed by atoms with E-state index in [1.807, 2.05) is 0 Å². The van der Waals surface area contributed by atoms with E-state index in [2.05, 4.69) is 15.3 Å². The molecule has 0 saturated carbocycles. The average Bonchev–Trinajstić information content (AvgIpc) is 2.95. The van der Waals surface area contributed by atoms with E-state index in [0.29, 0.717) is 13.0 Å². The van der Waals surface area contributed by atoms with Crippen LogP contribution in [0.5, 0.6) is 0 Å². The van der Waals surface area contributed by atoms with Crippen LogP contribution in [0.2, 0.25) is 0 Å². The predicted molar refractivity (Wildman–Crippen MR) is 92.8 cm³/mol. The van der Waals surface area contributed by atoms with Gasteiger partial charge in [0.2, 0.25) is 0 Å². The minimum atomic E-state index is -4.65. The van der Waals surface area contributed by atoms with E-state index < -0.39 is 47.4 Å². The van der Waals surface area contributed by atoms with Crippen molar-refractivity contribution < 1.29 is 32.2 Å². The van der Waals surface area contributed by atoms with Gasteiger partial charge in [-0.1, -0.05) is 0 Å². The Morgan fingerprint density at radius 2 is 1.93 bits per heavy atom. The summed E-state index contributed by atoms with van der Waals surface area (Å²) < 4.78 is 49.2. The van der Waals surface area contributed by atoms with Gasteiger partial charge in [0, 0.05) is 19.3 Å². The van der Waals surface area contributed by atoms with Crippen LogP contribution in [-0.4, -0.2) is 64.8 Å². The quantitative estimate of drug-likeness (QED) is 0.804. The van der Waals surface area contributed by atoms with E-state index >= 15 is 0 Å². The zero-order chi connectivity index (χ0) is 21.3. The molecule has 0 aliphatic carbocycles. The Balaban J connectivity index is 2.03. The van der Waals surface area contributed by atoms with Crippen LogP contribution < -0.4 is 5.32 Å². The molecule has 0 bridgehead atoms. The van der Waals surface area contributed by atoms with Crippen molar-refractivity contribution in [1.29, 1.82) is 0 Å². The molecule has 158 valence electrons. The molecule has 2 heterocycles. The second-order valence-electron chi connectivity index (χ2n) is 7.63. The van der Waals surface area contributed by atoms with Gasteiger partial charge < -0.3 is 24.7 Å². The van der Waals surface area contributed by atoms with Crippen LogP contribution in [0.3, 0.4) is 0 Å². The van der Waals surface area contributed by atoms with Crippen molar-refractivity contribution in [3.63, 3.8) is 0 Å². The minimum Gasteiger partial charge on any atom is -0.444 e. The number of nitrogens with zero attached hydrogens (tertiary/aromatic N) is 2. The number of aryl methyl sites for hydroxylation is 1. The van der Waals surface area contributed by atoms with Crippen LogP contribution in [0.15, 0.2) is 0 Å². The number of ether oxygens (including phenoxy) is 2. The number of hydrogen-bond acceptors (Lipinski definition) is 5. The number of aromatic amines is 1. The van der Waals surface area contributed by atoms with Crippen LogP contribution in [0, 0.1) is 6.92 Å². The number of rotatable bonds is 3. The van der Waals surface area contributed by atoms with Crippen molar-refractivity contribution in [1.82, 2.24) is 20.2 Å². The third-order valence-corrected chi connectivity index (χ3v) is 4.20. The third kappa shape index (κ3) is 5.37. The molecular weight excluding hydrogens is 381 g/mol. The van der Waals surface area contributed by atoms with Gasteiger partial charge in [-0.25, -0.2) is 9.78 Å². The van der Waals surface area contributed by atoms with E-state index in [4.69, 9.17) is 9.47 Å². The van der Waals surface area contributed by atoms with Crippen molar-refractivity contribution in [2.75, 3.05) is 20.2 Å². The fourth-order valence-corrected chi connectivity index (χ4v) is 2.89. The van der Waals surface area contributed by atoms with Crippen molar-refractivity contribution in [2.45, 2.75) is 58.0 Å². The average molecular weight is 406 g/mol. The maximum Gasteiger partial charge on any atom is 0.435 e. The number of nitrogens with one attached hydrogen (secondary N) is 2. The number of carbonyl (C=O) groups is 2. The molecule has 8 nitrogen and oxygen atoms in total. The topological polar surface area (TPSA) is 96.6 Å². The van der Waals surface area contributed by atoms with Crippen LogP contribution in [0.4, 0.5) is 18.0 Å². The number of H-pyrrole nitrogens is 1. The molecular formula is C17H25F3N4O4. The number of carbonyl (C=O) groups excluding carboxylic acids is 2. The second kappa shape index (κ2) is 7.98. The first-order valence-corrected chi connectivity index (χ1v) is 8.77. The first kappa shape index (κ1) is 22.0. The van der Waals surface area contributed by atoms with Gasteiger partial charge in [0.05, 0.1) is 18.7 Å². The summed E-state index contributed by atoms with van der Waals surface area (Å²) in [5, 5.41) is 2.63. The molecule has 0 aromatic carbocycles. The summed E-state index contributed by atoms with van der Waals surface area (Å²) in [7, 11) is 1.43. The standard InChI is InChI=1S/C17H25F3N4O4/c1-9-12(17(18,19)20)23-13(21-9)14(25)22-10-6-7-24(8-11(10)27-5)15(26)28-16(2,3)4/h10-11H,6-8H2,1-5H3,(H,21,23)(H,22,25)/t10-,11+/m0/s1. The van der Waals surface area contributed by atoms with Crippen molar-refractivity contribution in [3.8, 4) is 0 Å². The van der Waals surface area contributed by atoms with E-state index in [9.17, 15) is 22.8 Å². The van der Waals surface area contributed by atoms with Gasteiger partial charge in [0.25, 0.3) is 5.91 Å². The number of likely N-dealkylation sites (tertiary alicyclic amines) is 1. The van der Waals surface area contributed by atoms with Gasteiger partial charge in [-0.05, 0) is 34.1 Å². The molecule has 1 aliphatic heterocycles. The molecule has 0 radical (unpaired) electrons. The Labute approximate surface area is 160 Å². The van der Waals surface area contributed by atoms with Gasteiger partial charge in [0.15, 0.2) is 11.5 Å². The zero-order valence-electron chi connectivity index (χ0n) is 16.4. The van der Waals surface area contributed by atoms with E-state index in [1.165, 1.54) is 18.9 Å². The fraction of sp³-hybridized carbons (Fsp3) is 0.706. The zero-order valence-corrected chi connectivity index (χ0v) is 16.4. The lowest BCUT2D eigenvalue weighted by molar-refractivity contribution is -0.141. The summed E-state index contributed by atoms with van der Waals surface area (Å²) in [6, 6.07) is -0.490. The largest absolute Gasteiger partial charge is 0.444 e. The molecule has 0 unspecified atom stereocenters. The first-order valence-electron chi connectivity index (χ1n) is 8.77. The smallest absolute Gasteiger partial charge is 0.435 e. The molecule has 2 rings (SSSR count). The second-order valence-corrected chi connectivity index (χ2v) is 7.63. The van der Waals surface area contributed by atoms with Crippen molar-refractivity contribution >= 4 is 12.0 Å². The molecule has 1 aliphatic rings. The highest BCUT2D eigenvalue weighted by molar-refractivity contribution is 5.91. The van der Waals surface area contributed by atoms with Crippen LogP contribution >= 0.6 is 0 Å². The van der Waals surface area contributed by atoms with Crippen molar-refractivity contribution in [3.05, 3.63) is 17.2 Å². The monoisotopic (exact) mass is 406 g/mol. The number of imidazole rings is 1. The Bertz CT molecular complexity index is 727. The molecule has 28 heavy (non-hydrogen) atoms. The Morgan fingerprint density at radius 3 is 2.43 bits per heavy atom. The third-order valence-electron chi connectivity index (χ3n) is 4.20. The van der Waals surface area contributed by atoms with Crippen molar-refractivity contribution in [2.24, 2.45) is 0 Å². The molecule has 1 saturated heterocycles. The Morgan fingerprint density at radius 1 is 1.29 bits per heavy atom. The molecule has 1 aromatic heterocycles. The summed E-state index contributed by atoms with van der Waals surface area (Å²) in [5.41, 5.74) is -2.00. The van der Waals surface area contributed by atoms with Gasteiger partial charge in [-0.2, -0.15) is 13.2 Å². The van der Waals surface area contributed by atoms with E-state index in [-0.39, 0.29) is 12.2 Å². The highest BCUT2D eigenvalue weighted by Gasteiger charge is 2.38. The number of aromatic nitrogens is 2. The molecule has 1 aromatic rings. The first-order chi connectivity index (χ1) is 12.8. The SMILES string of the molecule is CO[C@@H]1CN(C(=O)OC(C)(C)C)CC[C@@H]1NC(=O)c1nc(C(F)(F)F)c(C)[nH]1. The lowest BCUT2D eigenvalue weighted by Gasteiger charge is -2.38. The van der Waals surface area contributed by atoms with Gasteiger partial charge in [-0.3, -0.25) is 4.79 Å². The number of piperidine rings is 1. The fourth-order valence-electron chi connectivity index (χ4n) is 2.89. The van der Waals surface area contributed by atoms with Gasteiger partial charge in [0.1, 0.15) is 5.60 Å². The molecule has 2 atom stereocenters. The molecule has 1 fully saturated rings. The predicted octanol–water partition coefficient (Wildman–Crippen LogP) is 2.49. The van der Waals surface area contributed by atoms with Crippen LogP contribution in [-0.2, 0) is 15.7 Å². The lowest BCUT2D eigenvalue weighted by atomic mass is 10.0. The maximum atomic E-state index is 12.9. The maximum absolute atomic E-state index is 12.9. The Hall–Kier alpha value is -2.30. The summed E-state index contributed by atoms with van der Waals surface area (Å²) >= 11 is 0. The highest BCUT2D eigenvalue weighted by Crippen LogP contribution is 2.30. The van der Waals surface area contributed by atoms with Gasteiger partial charge >= 0.3 is 12.3 Å². The summed E-state index contributed by atoms with van der Waals surface area (Å²) in [4.78, 5) is 31.7. The summed E-state index contributed by atoms with van der Waals surface area (Å²) in [6.07, 6.45) is -5.32.